The molecule has 0 heterocycles. The predicted molar refractivity (Wildman–Crippen MR) is 91.6 cm³/mol. The Morgan fingerprint density at radius 3 is 2.10 bits per heavy atom. The van der Waals surface area contributed by atoms with Crippen molar-refractivity contribution in [1.82, 2.24) is 5.32 Å². The Kier molecular flexibility index (Phi) is 4.42. The van der Waals surface area contributed by atoms with Crippen LogP contribution in [0.25, 0.3) is 6.08 Å². The van der Waals surface area contributed by atoms with Crippen LogP contribution in [0.1, 0.15) is 44.1 Å². The van der Waals surface area contributed by atoms with Gasteiger partial charge in [0, 0.05) is 12.1 Å². The van der Waals surface area contributed by atoms with E-state index in [9.17, 15) is 0 Å². The fraction of sp³-hybridized carbons (Fsp3) is 0.579. The van der Waals surface area contributed by atoms with E-state index in [2.05, 4.69) is 47.8 Å². The van der Waals surface area contributed by atoms with E-state index in [1.807, 2.05) is 0 Å². The van der Waals surface area contributed by atoms with E-state index in [0.29, 0.717) is 5.54 Å². The van der Waals surface area contributed by atoms with Gasteiger partial charge in [0.2, 0.25) is 0 Å². The molecular formula is C19H26ClN. The smallest absolute Gasteiger partial charge is 0.0192 e. The van der Waals surface area contributed by atoms with Gasteiger partial charge in [-0.1, -0.05) is 42.5 Å². The summed E-state index contributed by atoms with van der Waals surface area (Å²) in [4.78, 5) is 0. The van der Waals surface area contributed by atoms with Gasteiger partial charge in [-0.15, -0.1) is 12.4 Å². The van der Waals surface area contributed by atoms with Gasteiger partial charge in [0.05, 0.1) is 0 Å². The first-order chi connectivity index (χ1) is 9.81. The van der Waals surface area contributed by atoms with E-state index < -0.39 is 0 Å². The van der Waals surface area contributed by atoms with Crippen LogP contribution in [0.15, 0.2) is 36.4 Å². The zero-order valence-electron chi connectivity index (χ0n) is 12.6. The van der Waals surface area contributed by atoms with Crippen LogP contribution in [-0.4, -0.2) is 12.1 Å². The molecule has 114 valence electrons. The normalized spacial score (nSPS) is 36.9. The molecule has 5 rings (SSSR count). The lowest BCUT2D eigenvalue weighted by atomic mass is 9.53. The molecule has 0 atom stereocenters. The van der Waals surface area contributed by atoms with Crippen LogP contribution in [0.5, 0.6) is 0 Å². The molecule has 0 unspecified atom stereocenters. The summed E-state index contributed by atoms with van der Waals surface area (Å²) >= 11 is 0. The number of benzene rings is 1. The molecule has 0 spiro atoms. The molecule has 21 heavy (non-hydrogen) atoms. The molecule has 4 fully saturated rings. The van der Waals surface area contributed by atoms with Crippen LogP contribution < -0.4 is 5.32 Å². The maximum atomic E-state index is 3.91. The maximum absolute atomic E-state index is 3.91. The van der Waals surface area contributed by atoms with E-state index in [0.717, 1.165) is 24.3 Å². The van der Waals surface area contributed by atoms with E-state index >= 15 is 0 Å². The average molecular weight is 304 g/mol. The zero-order valence-corrected chi connectivity index (χ0v) is 13.4. The zero-order chi connectivity index (χ0) is 13.4. The second-order valence-electron chi connectivity index (χ2n) is 7.39. The maximum Gasteiger partial charge on any atom is 0.0192 e. The van der Waals surface area contributed by atoms with Crippen molar-refractivity contribution in [3.8, 4) is 0 Å². The van der Waals surface area contributed by atoms with Crippen LogP contribution in [0.2, 0.25) is 0 Å². The Hall–Kier alpha value is -0.790. The van der Waals surface area contributed by atoms with E-state index in [1.165, 1.54) is 44.1 Å². The molecule has 2 heteroatoms. The fourth-order valence-electron chi connectivity index (χ4n) is 5.36. The van der Waals surface area contributed by atoms with Crippen LogP contribution in [0.3, 0.4) is 0 Å². The number of nitrogens with one attached hydrogen (secondary N) is 1. The van der Waals surface area contributed by atoms with Gasteiger partial charge in [-0.25, -0.2) is 0 Å². The van der Waals surface area contributed by atoms with Crippen molar-refractivity contribution in [2.45, 2.75) is 44.1 Å². The van der Waals surface area contributed by atoms with Gasteiger partial charge in [-0.05, 0) is 61.8 Å². The van der Waals surface area contributed by atoms with Crippen molar-refractivity contribution >= 4 is 18.5 Å². The highest BCUT2D eigenvalue weighted by Crippen LogP contribution is 2.55. The van der Waals surface area contributed by atoms with Crippen molar-refractivity contribution < 1.29 is 0 Å². The summed E-state index contributed by atoms with van der Waals surface area (Å²) in [6, 6.07) is 10.6. The molecule has 1 aromatic carbocycles. The number of hydrogen-bond acceptors (Lipinski definition) is 1. The SMILES string of the molecule is C(=C\c1ccccc1)/CNC12CC3CC(CC(C3)C1)C2.Cl. The van der Waals surface area contributed by atoms with Gasteiger partial charge in [-0.2, -0.15) is 0 Å². The third-order valence-electron chi connectivity index (χ3n) is 5.74. The Balaban J connectivity index is 0.00000132. The van der Waals surface area contributed by atoms with Crippen LogP contribution in [-0.2, 0) is 0 Å². The quantitative estimate of drug-likeness (QED) is 0.851. The second-order valence-corrected chi connectivity index (χ2v) is 7.39. The number of rotatable bonds is 4. The first kappa shape index (κ1) is 15.1. The molecule has 0 aromatic heterocycles. The van der Waals surface area contributed by atoms with Crippen molar-refractivity contribution in [3.63, 3.8) is 0 Å². The van der Waals surface area contributed by atoms with Crippen LogP contribution >= 0.6 is 12.4 Å². The predicted octanol–water partition coefficient (Wildman–Crippen LogP) is 4.68. The minimum atomic E-state index is 0. The summed E-state index contributed by atoms with van der Waals surface area (Å²) in [5, 5.41) is 3.91. The highest BCUT2D eigenvalue weighted by molar-refractivity contribution is 5.85. The molecule has 4 aliphatic rings. The molecule has 0 radical (unpaired) electrons. The highest BCUT2D eigenvalue weighted by atomic mass is 35.5. The minimum absolute atomic E-state index is 0. The summed E-state index contributed by atoms with van der Waals surface area (Å²) < 4.78 is 0. The highest BCUT2D eigenvalue weighted by Gasteiger charge is 2.50. The van der Waals surface area contributed by atoms with E-state index in [-0.39, 0.29) is 12.4 Å². The third-order valence-corrected chi connectivity index (χ3v) is 5.74. The summed E-state index contributed by atoms with van der Waals surface area (Å²) in [6.45, 7) is 1.03. The van der Waals surface area contributed by atoms with Gasteiger partial charge in [0.1, 0.15) is 0 Å². The summed E-state index contributed by atoms with van der Waals surface area (Å²) in [5.74, 6) is 3.10. The van der Waals surface area contributed by atoms with Crippen molar-refractivity contribution in [1.29, 1.82) is 0 Å². The van der Waals surface area contributed by atoms with Crippen molar-refractivity contribution in [3.05, 3.63) is 42.0 Å². The standard InChI is InChI=1S/C19H25N.ClH/c1-2-5-15(6-3-1)7-4-8-20-19-12-16-9-17(13-19)11-18(10-16)14-19;/h1-7,16-18,20H,8-14H2;1H/b7-4+;. The van der Waals surface area contributed by atoms with Gasteiger partial charge in [-0.3, -0.25) is 0 Å². The largest absolute Gasteiger partial charge is 0.308 e. The molecule has 0 saturated heterocycles. The topological polar surface area (TPSA) is 12.0 Å². The Labute approximate surface area is 134 Å². The second kappa shape index (κ2) is 6.14. The monoisotopic (exact) mass is 303 g/mol. The van der Waals surface area contributed by atoms with Gasteiger partial charge < -0.3 is 5.32 Å². The Morgan fingerprint density at radius 2 is 1.52 bits per heavy atom. The van der Waals surface area contributed by atoms with E-state index in [4.69, 9.17) is 0 Å². The minimum Gasteiger partial charge on any atom is -0.308 e. The third kappa shape index (κ3) is 3.19. The first-order valence-corrected chi connectivity index (χ1v) is 8.28. The lowest BCUT2D eigenvalue weighted by molar-refractivity contribution is -0.0178. The fourth-order valence-corrected chi connectivity index (χ4v) is 5.36. The molecule has 4 aliphatic carbocycles. The van der Waals surface area contributed by atoms with Gasteiger partial charge in [0.15, 0.2) is 0 Å². The lowest BCUT2D eigenvalue weighted by Gasteiger charge is -2.57. The van der Waals surface area contributed by atoms with Gasteiger partial charge in [0.25, 0.3) is 0 Å². The number of hydrogen-bond donors (Lipinski definition) is 1. The van der Waals surface area contributed by atoms with E-state index in [1.54, 1.807) is 0 Å². The van der Waals surface area contributed by atoms with Gasteiger partial charge >= 0.3 is 0 Å². The summed E-state index contributed by atoms with van der Waals surface area (Å²) in [6.07, 6.45) is 13.5. The average Bonchev–Trinajstić information content (AvgIpc) is 2.43. The van der Waals surface area contributed by atoms with Crippen LogP contribution in [0, 0.1) is 17.8 Å². The number of halogens is 1. The van der Waals surface area contributed by atoms with Crippen LogP contribution in [0.4, 0.5) is 0 Å². The molecule has 0 aliphatic heterocycles. The molecule has 4 bridgehead atoms. The Bertz CT molecular complexity index is 458. The Morgan fingerprint density at radius 1 is 0.952 bits per heavy atom. The molecule has 1 N–H and O–H groups in total. The summed E-state index contributed by atoms with van der Waals surface area (Å²) in [7, 11) is 0. The molecule has 1 aromatic rings. The van der Waals surface area contributed by atoms with Crippen molar-refractivity contribution in [2.75, 3.05) is 6.54 Å². The molecule has 0 amide bonds. The first-order valence-electron chi connectivity index (χ1n) is 8.28. The lowest BCUT2D eigenvalue weighted by Crippen LogP contribution is -2.58. The molecule has 1 nitrogen and oxygen atoms in total. The van der Waals surface area contributed by atoms with Crippen molar-refractivity contribution in [2.24, 2.45) is 17.8 Å². The molecular weight excluding hydrogens is 278 g/mol. The molecule has 4 saturated carbocycles. The summed E-state index contributed by atoms with van der Waals surface area (Å²) in [5.41, 5.74) is 1.80.